The summed E-state index contributed by atoms with van der Waals surface area (Å²) in [5.41, 5.74) is -1.04. The molecule has 3 rings (SSSR count). The molecule has 33 heavy (non-hydrogen) atoms. The number of hydrogen-bond donors (Lipinski definition) is 9. The molecule has 0 aliphatic carbocycles. The molecule has 0 spiro atoms. The van der Waals surface area contributed by atoms with Gasteiger partial charge in [-0.15, -0.1) is 10.2 Å². The molecule has 0 bridgehead atoms. The van der Waals surface area contributed by atoms with Crippen LogP contribution in [-0.4, -0.2) is 50.5 Å². The van der Waals surface area contributed by atoms with Crippen molar-refractivity contribution in [3.05, 3.63) is 42.5 Å². The van der Waals surface area contributed by atoms with E-state index in [1.54, 1.807) is 0 Å². The third kappa shape index (κ3) is 5.75. The van der Waals surface area contributed by atoms with Gasteiger partial charge in [-0.05, 0) is 35.7 Å². The van der Waals surface area contributed by atoms with E-state index in [4.69, 9.17) is 0 Å². The van der Waals surface area contributed by atoms with Crippen molar-refractivity contribution < 1.29 is 67.6 Å². The van der Waals surface area contributed by atoms with Crippen molar-refractivity contribution in [1.82, 2.24) is 0 Å². The zero-order valence-corrected chi connectivity index (χ0v) is 19.2. The Balaban J connectivity index is 0.00000385. The van der Waals surface area contributed by atoms with Gasteiger partial charge >= 0.3 is 0 Å². The van der Waals surface area contributed by atoms with Crippen LogP contribution in [0.25, 0.3) is 10.8 Å². The van der Waals surface area contributed by atoms with Crippen molar-refractivity contribution in [1.29, 1.82) is 0 Å². The fourth-order valence-electron chi connectivity index (χ4n) is 2.74. The van der Waals surface area contributed by atoms with E-state index in [0.29, 0.717) is 12.1 Å². The normalized spacial score (nSPS) is 13.8. The van der Waals surface area contributed by atoms with E-state index in [1.165, 1.54) is 24.3 Å². The van der Waals surface area contributed by atoms with E-state index >= 15 is 0 Å². The molecular formula is C16H16CuN2O11S3. The SMILES string of the molecule is O=S(=O)(O)c1cc2cc(S(O)(O)O)cc(S(O)(O)O)c2c(O)c1N=Nc1ccccc1O.[Cu]. The average molecular weight is 572 g/mol. The summed E-state index contributed by atoms with van der Waals surface area (Å²) in [5, 5.41) is 26.6. The minimum atomic E-state index is -5.10. The first-order valence-corrected chi connectivity index (χ1v) is 12.6. The van der Waals surface area contributed by atoms with E-state index in [-0.39, 0.29) is 28.5 Å². The molecule has 3 aromatic carbocycles. The first-order chi connectivity index (χ1) is 14.6. The number of azo groups is 1. The second-order valence-corrected chi connectivity index (χ2v) is 10.7. The topological polar surface area (TPSA) is 241 Å². The largest absolute Gasteiger partial charge is 0.506 e. The van der Waals surface area contributed by atoms with E-state index < -0.39 is 68.8 Å². The number of fused-ring (bicyclic) bond motifs is 1. The van der Waals surface area contributed by atoms with Crippen LogP contribution in [-0.2, 0) is 27.2 Å². The molecule has 0 aromatic heterocycles. The fraction of sp³-hybridized carbons (Fsp3) is 0. The van der Waals surface area contributed by atoms with E-state index in [9.17, 15) is 50.5 Å². The summed E-state index contributed by atoms with van der Waals surface area (Å²) in [6, 6.07) is 7.47. The molecule has 0 heterocycles. The standard InChI is InChI=1S/C16H16N2O11S3.Cu/c19-11-4-2-1-3-10(11)17-18-15-13(32(27,28)29)6-8-5-9(30(21,22)23)7-12(31(24,25)26)14(8)16(15)20;/h1-7,19-26H,(H,27,28,29);. The summed E-state index contributed by atoms with van der Waals surface area (Å²) >= 11 is 0. The maximum Gasteiger partial charge on any atom is 0.296 e. The van der Waals surface area contributed by atoms with Crippen LogP contribution >= 0.6 is 21.7 Å². The molecule has 3 aromatic rings. The number of phenolic OH excluding ortho intramolecular Hbond substituents is 2. The van der Waals surface area contributed by atoms with Gasteiger partial charge in [-0.2, -0.15) is 8.42 Å². The fourth-order valence-corrected chi connectivity index (χ4v) is 4.81. The van der Waals surface area contributed by atoms with Crippen molar-refractivity contribution >= 4 is 54.0 Å². The average Bonchev–Trinajstić information content (AvgIpc) is 2.65. The summed E-state index contributed by atoms with van der Waals surface area (Å²) in [5.74, 6) is -1.45. The first kappa shape index (κ1) is 27.3. The van der Waals surface area contributed by atoms with Gasteiger partial charge in [0.05, 0.1) is 9.79 Å². The first-order valence-electron chi connectivity index (χ1n) is 8.13. The second-order valence-electron chi connectivity index (χ2n) is 6.29. The van der Waals surface area contributed by atoms with E-state index in [0.717, 1.165) is 6.07 Å². The molecule has 0 aliphatic rings. The van der Waals surface area contributed by atoms with Crippen LogP contribution in [0.4, 0.5) is 11.4 Å². The van der Waals surface area contributed by atoms with Crippen molar-refractivity contribution in [2.45, 2.75) is 14.7 Å². The molecule has 0 aliphatic heterocycles. The molecule has 0 fully saturated rings. The Labute approximate surface area is 200 Å². The van der Waals surface area contributed by atoms with Crippen LogP contribution < -0.4 is 0 Å². The van der Waals surface area contributed by atoms with Crippen LogP contribution in [0.3, 0.4) is 0 Å². The van der Waals surface area contributed by atoms with Gasteiger partial charge in [0.25, 0.3) is 10.1 Å². The van der Waals surface area contributed by atoms with Gasteiger partial charge in [-0.1, -0.05) is 12.1 Å². The Morgan fingerprint density at radius 1 is 0.727 bits per heavy atom. The summed E-state index contributed by atoms with van der Waals surface area (Å²) in [6.45, 7) is 0. The molecule has 0 atom stereocenters. The minimum Gasteiger partial charge on any atom is -0.506 e. The van der Waals surface area contributed by atoms with Gasteiger partial charge in [0, 0.05) is 22.5 Å². The molecule has 13 nitrogen and oxygen atoms in total. The number of nitrogens with zero attached hydrogens (tertiary/aromatic N) is 2. The summed E-state index contributed by atoms with van der Waals surface area (Å²) < 4.78 is 91.2. The second kappa shape index (κ2) is 9.34. The van der Waals surface area contributed by atoms with Crippen LogP contribution in [0.2, 0.25) is 0 Å². The van der Waals surface area contributed by atoms with Gasteiger partial charge in [-0.3, -0.25) is 4.55 Å². The Bertz CT molecular complexity index is 1350. The third-order valence-electron chi connectivity index (χ3n) is 4.12. The van der Waals surface area contributed by atoms with E-state index in [2.05, 4.69) is 10.2 Å². The molecule has 0 saturated carbocycles. The van der Waals surface area contributed by atoms with Crippen molar-refractivity contribution in [3.63, 3.8) is 0 Å². The van der Waals surface area contributed by atoms with Crippen molar-refractivity contribution in [2.75, 3.05) is 0 Å². The van der Waals surface area contributed by atoms with Crippen molar-refractivity contribution in [3.8, 4) is 11.5 Å². The number of hydrogen-bond acceptors (Lipinski definition) is 12. The van der Waals surface area contributed by atoms with Gasteiger partial charge in [-0.25, -0.2) is 0 Å². The van der Waals surface area contributed by atoms with Crippen LogP contribution in [0.1, 0.15) is 0 Å². The van der Waals surface area contributed by atoms with Gasteiger partial charge in [0.15, 0.2) is 5.75 Å². The third-order valence-corrected chi connectivity index (χ3v) is 6.76. The smallest absolute Gasteiger partial charge is 0.296 e. The van der Waals surface area contributed by atoms with Gasteiger partial charge < -0.3 is 37.5 Å². The molecule has 17 heteroatoms. The van der Waals surface area contributed by atoms with Gasteiger partial charge in [0.2, 0.25) is 0 Å². The molecule has 0 saturated heterocycles. The predicted octanol–water partition coefficient (Wildman–Crippen LogP) is 5.08. The van der Waals surface area contributed by atoms with Crippen LogP contribution in [0.15, 0.2) is 67.4 Å². The predicted molar refractivity (Wildman–Crippen MR) is 115 cm³/mol. The van der Waals surface area contributed by atoms with Gasteiger partial charge in [0.1, 0.15) is 43.8 Å². The zero-order valence-electron chi connectivity index (χ0n) is 15.8. The van der Waals surface area contributed by atoms with Crippen LogP contribution in [0.5, 0.6) is 11.5 Å². The molecule has 9 N–H and O–H groups in total. The zero-order chi connectivity index (χ0) is 24.1. The number of benzene rings is 3. The molecule has 0 amide bonds. The Hall–Kier alpha value is -1.99. The summed E-state index contributed by atoms with van der Waals surface area (Å²) in [7, 11) is -14.3. The quantitative estimate of drug-likeness (QED) is 0.111. The number of para-hydroxylation sites is 1. The molecule has 1 radical (unpaired) electrons. The Kier molecular flexibility index (Phi) is 7.71. The molecule has 185 valence electrons. The Morgan fingerprint density at radius 3 is 1.85 bits per heavy atom. The van der Waals surface area contributed by atoms with E-state index in [1.807, 2.05) is 0 Å². The number of phenols is 2. The van der Waals surface area contributed by atoms with Crippen LogP contribution in [0, 0.1) is 0 Å². The number of aromatic hydroxyl groups is 2. The monoisotopic (exact) mass is 571 g/mol. The maximum absolute atomic E-state index is 11.9. The minimum absolute atomic E-state index is 0. The summed E-state index contributed by atoms with van der Waals surface area (Å²) in [6.07, 6.45) is 0. The Morgan fingerprint density at radius 2 is 1.33 bits per heavy atom. The molecular weight excluding hydrogens is 556 g/mol. The van der Waals surface area contributed by atoms with Crippen molar-refractivity contribution in [2.24, 2.45) is 10.2 Å². The molecule has 0 unspecified atom stereocenters. The maximum atomic E-state index is 11.9. The summed E-state index contributed by atoms with van der Waals surface area (Å²) in [4.78, 5) is -2.69. The number of rotatable bonds is 5.